The van der Waals surface area contributed by atoms with Crippen LogP contribution < -0.4 is 0 Å². The lowest BCUT2D eigenvalue weighted by Crippen LogP contribution is -2.53. The van der Waals surface area contributed by atoms with E-state index in [1.54, 1.807) is 6.08 Å². The normalized spacial score (nSPS) is 47.3. The van der Waals surface area contributed by atoms with Crippen molar-refractivity contribution < 1.29 is 38.5 Å². The highest BCUT2D eigenvalue weighted by Gasteiger charge is 2.84. The molecule has 0 aromatic carbocycles. The fourth-order valence-electron chi connectivity index (χ4n) is 10.6. The molecule has 2 saturated heterocycles. The summed E-state index contributed by atoms with van der Waals surface area (Å²) in [4.78, 5) is 54.0. The Balaban J connectivity index is 1.44. The van der Waals surface area contributed by atoms with Crippen molar-refractivity contribution >= 4 is 23.7 Å². The highest BCUT2D eigenvalue weighted by Crippen LogP contribution is 2.80. The highest BCUT2D eigenvalue weighted by atomic mass is 16.6. The van der Waals surface area contributed by atoms with Gasteiger partial charge in [0.25, 0.3) is 0 Å². The van der Waals surface area contributed by atoms with Gasteiger partial charge in [0, 0.05) is 52.2 Å². The summed E-state index contributed by atoms with van der Waals surface area (Å²) in [7, 11) is 0. The number of carbonyl (C=O) groups excluding carboxylic acids is 4. The molecule has 8 heteroatoms. The van der Waals surface area contributed by atoms with Crippen LogP contribution in [0.3, 0.4) is 0 Å². The third-order valence-electron chi connectivity index (χ3n) is 12.4. The first kappa shape index (κ1) is 28.5. The van der Waals surface area contributed by atoms with E-state index >= 15 is 0 Å². The molecule has 1 spiro atoms. The zero-order chi connectivity index (χ0) is 31.0. The SMILES string of the molecule is C=C1C(=O)O[C@H]2[C@H]1CC[C@@](C)(O)[C@]13C=C[C@@](C)([C@H]21)C1(C3)C(=O)O[C@@H]2[C@H]3C(C)=CC(=O)C3=C(C)C[C@H](OC(=O)C=C(C)C)[C@H]21. The molecule has 1 unspecified atom stereocenters. The third kappa shape index (κ3) is 3.31. The van der Waals surface area contributed by atoms with Crippen molar-refractivity contribution in [3.8, 4) is 0 Å². The van der Waals surface area contributed by atoms with Gasteiger partial charge in [-0.15, -0.1) is 0 Å². The quantitative estimate of drug-likeness (QED) is 0.217. The van der Waals surface area contributed by atoms with Gasteiger partial charge in [-0.3, -0.25) is 9.59 Å². The van der Waals surface area contributed by atoms with Gasteiger partial charge in [0.2, 0.25) is 0 Å². The molecule has 7 aliphatic rings. The number of ketones is 1. The lowest BCUT2D eigenvalue weighted by atomic mass is 9.54. The molecule has 0 radical (unpaired) electrons. The maximum atomic E-state index is 14.7. The predicted octanol–water partition coefficient (Wildman–Crippen LogP) is 4.48. The molecule has 5 aliphatic carbocycles. The molecule has 43 heavy (non-hydrogen) atoms. The van der Waals surface area contributed by atoms with Crippen LogP contribution in [0.25, 0.3) is 0 Å². The van der Waals surface area contributed by atoms with Crippen molar-refractivity contribution in [1.29, 1.82) is 0 Å². The summed E-state index contributed by atoms with van der Waals surface area (Å²) >= 11 is 0. The van der Waals surface area contributed by atoms with Gasteiger partial charge < -0.3 is 19.3 Å². The number of aliphatic hydroxyl groups is 1. The van der Waals surface area contributed by atoms with Gasteiger partial charge in [-0.25, -0.2) is 9.59 Å². The van der Waals surface area contributed by atoms with E-state index < -0.39 is 75.8 Å². The second kappa shape index (κ2) is 8.68. The van der Waals surface area contributed by atoms with E-state index in [0.29, 0.717) is 24.0 Å². The molecule has 2 bridgehead atoms. The van der Waals surface area contributed by atoms with E-state index in [2.05, 4.69) is 6.58 Å². The van der Waals surface area contributed by atoms with Crippen LogP contribution in [0.2, 0.25) is 0 Å². The van der Waals surface area contributed by atoms with Gasteiger partial charge in [0.1, 0.15) is 18.3 Å². The number of hydrogen-bond donors (Lipinski definition) is 1. The minimum absolute atomic E-state index is 0.100. The van der Waals surface area contributed by atoms with Crippen molar-refractivity contribution in [2.45, 2.75) is 91.1 Å². The molecule has 2 aliphatic heterocycles. The Hall–Kier alpha value is -3.26. The fraction of sp³-hybridized carbons (Fsp3) is 0.600. The zero-order valence-electron chi connectivity index (χ0n) is 25.7. The van der Waals surface area contributed by atoms with Crippen LogP contribution in [-0.4, -0.2) is 52.7 Å². The lowest BCUT2D eigenvalue weighted by molar-refractivity contribution is -0.159. The van der Waals surface area contributed by atoms with E-state index in [9.17, 15) is 24.3 Å². The summed E-state index contributed by atoms with van der Waals surface area (Å²) in [6.45, 7) is 15.3. The van der Waals surface area contributed by atoms with Crippen LogP contribution in [0.4, 0.5) is 0 Å². The molecule has 0 amide bonds. The van der Waals surface area contributed by atoms with Gasteiger partial charge >= 0.3 is 17.9 Å². The first-order valence-corrected chi connectivity index (χ1v) is 15.4. The van der Waals surface area contributed by atoms with Crippen molar-refractivity contribution in [3.63, 3.8) is 0 Å². The van der Waals surface area contributed by atoms with Crippen LogP contribution in [0.5, 0.6) is 0 Å². The van der Waals surface area contributed by atoms with Gasteiger partial charge in [-0.2, -0.15) is 0 Å². The predicted molar refractivity (Wildman–Crippen MR) is 155 cm³/mol. The molecule has 7 rings (SSSR count). The van der Waals surface area contributed by atoms with Crippen LogP contribution in [-0.2, 0) is 33.4 Å². The number of rotatable bonds is 2. The lowest BCUT2D eigenvalue weighted by Gasteiger charge is -2.46. The number of fused-ring (bicyclic) bond motifs is 6. The minimum Gasteiger partial charge on any atom is -0.460 e. The topological polar surface area (TPSA) is 116 Å². The van der Waals surface area contributed by atoms with Crippen molar-refractivity contribution in [1.82, 2.24) is 0 Å². The molecule has 11 atom stereocenters. The third-order valence-corrected chi connectivity index (χ3v) is 12.4. The van der Waals surface area contributed by atoms with E-state index in [-0.39, 0.29) is 24.5 Å². The molecule has 4 fully saturated rings. The standard InChI is InChI=1S/C35H40O8/c1-16(2)12-23(37)41-22-14-18(4)24-21(36)13-17(3)25(24)28-26(22)35(31(39)43-28)15-34-11-10-32(35,6)29(34)27-20(8-9-33(34,7)40)19(5)30(38)42-27/h10-13,20,22,25-29,40H,5,8-9,14-15H2,1-4,6-7H3/t20-,22-,25-,26+,27-,28+,29-,32-,33+,34-,35?/m0/s1. The summed E-state index contributed by atoms with van der Waals surface area (Å²) in [6.07, 6.45) is 6.57. The molecule has 228 valence electrons. The van der Waals surface area contributed by atoms with Crippen LogP contribution in [0.15, 0.2) is 58.7 Å². The molecule has 1 N–H and O–H groups in total. The summed E-state index contributed by atoms with van der Waals surface area (Å²) < 4.78 is 18.7. The Morgan fingerprint density at radius 3 is 2.53 bits per heavy atom. The molecule has 0 aromatic heterocycles. The Morgan fingerprint density at radius 1 is 1.12 bits per heavy atom. The maximum absolute atomic E-state index is 14.7. The van der Waals surface area contributed by atoms with E-state index in [1.807, 2.05) is 53.7 Å². The second-order valence-corrected chi connectivity index (χ2v) is 14.8. The Kier molecular flexibility index (Phi) is 5.75. The average molecular weight is 589 g/mol. The number of carbonyl (C=O) groups is 4. The number of esters is 3. The van der Waals surface area contributed by atoms with E-state index in [0.717, 1.165) is 16.7 Å². The monoisotopic (exact) mass is 588 g/mol. The van der Waals surface area contributed by atoms with Crippen LogP contribution >= 0.6 is 0 Å². The molecule has 2 heterocycles. The second-order valence-electron chi connectivity index (χ2n) is 14.8. The number of allylic oxidation sites excluding steroid dienone is 3. The van der Waals surface area contributed by atoms with Gasteiger partial charge in [0.15, 0.2) is 5.78 Å². The van der Waals surface area contributed by atoms with Crippen LogP contribution in [0, 0.1) is 39.9 Å². The first-order chi connectivity index (χ1) is 20.1. The Morgan fingerprint density at radius 2 is 1.84 bits per heavy atom. The molecule has 8 nitrogen and oxygen atoms in total. The minimum atomic E-state index is -1.22. The largest absolute Gasteiger partial charge is 0.460 e. The van der Waals surface area contributed by atoms with Gasteiger partial charge in [-0.05, 0) is 60.0 Å². The zero-order valence-corrected chi connectivity index (χ0v) is 25.7. The van der Waals surface area contributed by atoms with Gasteiger partial charge in [0.05, 0.1) is 16.9 Å². The highest BCUT2D eigenvalue weighted by molar-refractivity contribution is 6.09. The van der Waals surface area contributed by atoms with E-state index in [1.165, 1.54) is 6.08 Å². The molecular formula is C35H40O8. The Labute approximate surface area is 251 Å². The number of ether oxygens (including phenoxy) is 3. The Bertz CT molecular complexity index is 1540. The summed E-state index contributed by atoms with van der Waals surface area (Å²) in [5.74, 6) is -3.21. The van der Waals surface area contributed by atoms with Crippen molar-refractivity contribution in [3.05, 3.63) is 58.7 Å². The molecular weight excluding hydrogens is 548 g/mol. The smallest absolute Gasteiger partial charge is 0.334 e. The average Bonchev–Trinajstić information content (AvgIpc) is 3.57. The van der Waals surface area contributed by atoms with E-state index in [4.69, 9.17) is 14.2 Å². The molecule has 2 saturated carbocycles. The first-order valence-electron chi connectivity index (χ1n) is 15.4. The fourth-order valence-corrected chi connectivity index (χ4v) is 10.6. The van der Waals surface area contributed by atoms with Crippen LogP contribution in [0.1, 0.15) is 67.2 Å². The van der Waals surface area contributed by atoms with Crippen molar-refractivity contribution in [2.75, 3.05) is 0 Å². The molecule has 0 aromatic rings. The maximum Gasteiger partial charge on any atom is 0.334 e. The van der Waals surface area contributed by atoms with Gasteiger partial charge in [-0.1, -0.05) is 42.4 Å². The summed E-state index contributed by atoms with van der Waals surface area (Å²) in [5.41, 5.74) is -0.796. The summed E-state index contributed by atoms with van der Waals surface area (Å²) in [5, 5.41) is 12.3. The summed E-state index contributed by atoms with van der Waals surface area (Å²) in [6, 6.07) is 0. The number of hydrogen-bond acceptors (Lipinski definition) is 8. The van der Waals surface area contributed by atoms with Crippen molar-refractivity contribution in [2.24, 2.45) is 39.9 Å².